The summed E-state index contributed by atoms with van der Waals surface area (Å²) in [5.41, 5.74) is 0.799. The number of ether oxygens (including phenoxy) is 2. The second-order valence-electron chi connectivity index (χ2n) is 7.03. The van der Waals surface area contributed by atoms with Crippen molar-refractivity contribution in [2.45, 2.75) is 18.2 Å². The van der Waals surface area contributed by atoms with E-state index in [9.17, 15) is 14.9 Å². The average Bonchev–Trinajstić information content (AvgIpc) is 3.11. The molecule has 3 atom stereocenters. The summed E-state index contributed by atoms with van der Waals surface area (Å²) in [7, 11) is 3.15. The van der Waals surface area contributed by atoms with Crippen LogP contribution in [0.25, 0.3) is 6.08 Å². The Balaban J connectivity index is 1.66. The lowest BCUT2D eigenvalue weighted by Crippen LogP contribution is -2.37. The van der Waals surface area contributed by atoms with E-state index in [2.05, 4.69) is 11.4 Å². The monoisotopic (exact) mass is 427 g/mol. The maximum Gasteiger partial charge on any atom is 0.244 e. The molecule has 1 N–H and O–H groups in total. The van der Waals surface area contributed by atoms with Crippen molar-refractivity contribution in [3.63, 3.8) is 0 Å². The molecule has 3 rings (SSSR count). The number of hydrogen-bond donors (Lipinski definition) is 1. The average molecular weight is 428 g/mol. The Morgan fingerprint density at radius 3 is 2.90 bits per heavy atom. The Labute approximate surface area is 180 Å². The van der Waals surface area contributed by atoms with E-state index < -0.39 is 0 Å². The summed E-state index contributed by atoms with van der Waals surface area (Å²) >= 11 is 1.45. The summed E-state index contributed by atoms with van der Waals surface area (Å²) in [5, 5.41) is 12.3. The van der Waals surface area contributed by atoms with Gasteiger partial charge in [0.1, 0.15) is 5.75 Å². The third-order valence-corrected chi connectivity index (χ3v) is 6.52. The van der Waals surface area contributed by atoms with Crippen molar-refractivity contribution >= 4 is 29.7 Å². The quantitative estimate of drug-likeness (QED) is 0.673. The number of nitriles is 1. The van der Waals surface area contributed by atoms with Gasteiger partial charge in [-0.15, -0.1) is 11.8 Å². The van der Waals surface area contributed by atoms with Gasteiger partial charge in [0.05, 0.1) is 37.5 Å². The van der Waals surface area contributed by atoms with Gasteiger partial charge in [0.15, 0.2) is 0 Å². The zero-order chi connectivity index (χ0) is 21.5. The summed E-state index contributed by atoms with van der Waals surface area (Å²) in [5.74, 6) is 0.118. The molecule has 0 aliphatic carbocycles. The molecule has 7 nitrogen and oxygen atoms in total. The van der Waals surface area contributed by atoms with Crippen LogP contribution in [0.1, 0.15) is 18.4 Å². The van der Waals surface area contributed by atoms with E-state index in [1.54, 1.807) is 25.2 Å². The highest BCUT2D eigenvalue weighted by Crippen LogP contribution is 2.48. The molecule has 2 aliphatic heterocycles. The highest BCUT2D eigenvalue weighted by molar-refractivity contribution is 8.04. The molecule has 0 spiro atoms. The van der Waals surface area contributed by atoms with Crippen LogP contribution in [-0.2, 0) is 14.3 Å². The van der Waals surface area contributed by atoms with Gasteiger partial charge in [-0.25, -0.2) is 0 Å². The summed E-state index contributed by atoms with van der Waals surface area (Å²) < 4.78 is 10.3. The highest BCUT2D eigenvalue weighted by atomic mass is 32.2. The van der Waals surface area contributed by atoms with Crippen molar-refractivity contribution in [2.75, 3.05) is 27.4 Å². The molecule has 158 valence electrons. The number of rotatable bonds is 7. The van der Waals surface area contributed by atoms with Crippen LogP contribution in [0, 0.1) is 23.2 Å². The first-order chi connectivity index (χ1) is 14.6. The van der Waals surface area contributed by atoms with Gasteiger partial charge in [-0.3, -0.25) is 9.59 Å². The molecular weight excluding hydrogens is 402 g/mol. The van der Waals surface area contributed by atoms with Gasteiger partial charge in [0.25, 0.3) is 0 Å². The SMILES string of the molecule is COCCC(=O)N1C=C2SC(NC(=O)C=Cc3ccccc3OC)C(C#N)C2CC1. The second kappa shape index (κ2) is 10.3. The maximum absolute atomic E-state index is 12.5. The minimum atomic E-state index is -0.352. The molecule has 0 saturated carbocycles. The number of methoxy groups -OCH3 is 2. The Morgan fingerprint density at radius 2 is 2.17 bits per heavy atom. The van der Waals surface area contributed by atoms with Crippen LogP contribution < -0.4 is 10.1 Å². The molecule has 2 amide bonds. The summed E-state index contributed by atoms with van der Waals surface area (Å²) in [6, 6.07) is 9.77. The number of nitrogens with zero attached hydrogens (tertiary/aromatic N) is 2. The van der Waals surface area contributed by atoms with Gasteiger partial charge in [-0.05, 0) is 18.6 Å². The smallest absolute Gasteiger partial charge is 0.244 e. The molecule has 1 aromatic carbocycles. The molecule has 8 heteroatoms. The number of fused-ring (bicyclic) bond motifs is 1. The number of hydrogen-bond acceptors (Lipinski definition) is 6. The van der Waals surface area contributed by atoms with Crippen molar-refractivity contribution in [3.8, 4) is 11.8 Å². The molecular formula is C22H25N3O4S. The third kappa shape index (κ3) is 5.04. The standard InChI is InChI=1S/C22H25N3O4S/c1-28-12-10-21(27)25-11-9-16-17(13-23)22(30-19(16)14-25)24-20(26)8-7-15-5-3-4-6-18(15)29-2/h3-8,14,16-17,22H,9-12H2,1-2H3,(H,24,26). The van der Waals surface area contributed by atoms with E-state index in [1.165, 1.54) is 17.8 Å². The molecule has 2 heterocycles. The Bertz CT molecular complexity index is 893. The van der Waals surface area contributed by atoms with Gasteiger partial charge in [0, 0.05) is 42.3 Å². The van der Waals surface area contributed by atoms with Crippen LogP contribution >= 0.6 is 11.8 Å². The predicted octanol–water partition coefficient (Wildman–Crippen LogP) is 2.76. The zero-order valence-electron chi connectivity index (χ0n) is 17.0. The van der Waals surface area contributed by atoms with E-state index in [-0.39, 0.29) is 29.0 Å². The van der Waals surface area contributed by atoms with Gasteiger partial charge >= 0.3 is 0 Å². The Kier molecular flexibility index (Phi) is 7.55. The van der Waals surface area contributed by atoms with Crippen molar-refractivity contribution in [2.24, 2.45) is 11.8 Å². The zero-order valence-corrected chi connectivity index (χ0v) is 17.9. The number of thioether (sulfide) groups is 1. The second-order valence-corrected chi connectivity index (χ2v) is 8.25. The van der Waals surface area contributed by atoms with Crippen LogP contribution in [0.5, 0.6) is 5.75 Å². The van der Waals surface area contributed by atoms with E-state index in [1.807, 2.05) is 30.5 Å². The first-order valence-corrected chi connectivity index (χ1v) is 10.6. The summed E-state index contributed by atoms with van der Waals surface area (Å²) in [6.07, 6.45) is 6.00. The fourth-order valence-corrected chi connectivity index (χ4v) is 5.10. The lowest BCUT2D eigenvalue weighted by atomic mass is 9.88. The fraction of sp³-hybridized carbons (Fsp3) is 0.409. The number of carbonyl (C=O) groups is 2. The van der Waals surface area contributed by atoms with Crippen LogP contribution in [-0.4, -0.2) is 49.5 Å². The van der Waals surface area contributed by atoms with E-state index in [0.29, 0.717) is 31.7 Å². The first kappa shape index (κ1) is 21.9. The Hall–Kier alpha value is -2.76. The number of para-hydroxylation sites is 1. The van der Waals surface area contributed by atoms with E-state index in [4.69, 9.17) is 9.47 Å². The van der Waals surface area contributed by atoms with Crippen LogP contribution in [0.2, 0.25) is 0 Å². The van der Waals surface area contributed by atoms with Gasteiger partial charge in [0.2, 0.25) is 11.8 Å². The van der Waals surface area contributed by atoms with E-state index in [0.717, 1.165) is 10.5 Å². The van der Waals surface area contributed by atoms with Crippen molar-refractivity contribution in [3.05, 3.63) is 47.0 Å². The molecule has 2 aliphatic rings. The molecule has 1 aromatic rings. The molecule has 3 unspecified atom stereocenters. The fourth-order valence-electron chi connectivity index (χ4n) is 3.60. The lowest BCUT2D eigenvalue weighted by molar-refractivity contribution is -0.130. The predicted molar refractivity (Wildman–Crippen MR) is 115 cm³/mol. The maximum atomic E-state index is 12.5. The molecule has 0 radical (unpaired) electrons. The molecule has 1 fully saturated rings. The van der Waals surface area contributed by atoms with Crippen molar-refractivity contribution in [1.82, 2.24) is 10.2 Å². The third-order valence-electron chi connectivity index (χ3n) is 5.18. The van der Waals surface area contributed by atoms with Crippen LogP contribution in [0.4, 0.5) is 0 Å². The molecule has 0 aromatic heterocycles. The number of benzene rings is 1. The Morgan fingerprint density at radius 1 is 1.37 bits per heavy atom. The lowest BCUT2D eigenvalue weighted by Gasteiger charge is -2.28. The van der Waals surface area contributed by atoms with Crippen LogP contribution in [0.15, 0.2) is 41.4 Å². The number of amides is 2. The van der Waals surface area contributed by atoms with Crippen molar-refractivity contribution < 1.29 is 19.1 Å². The molecule has 0 bridgehead atoms. The molecule has 1 saturated heterocycles. The minimum absolute atomic E-state index is 0.00383. The number of allylic oxidation sites excluding steroid dienone is 1. The van der Waals surface area contributed by atoms with Gasteiger partial charge in [-0.1, -0.05) is 18.2 Å². The minimum Gasteiger partial charge on any atom is -0.496 e. The van der Waals surface area contributed by atoms with Crippen molar-refractivity contribution in [1.29, 1.82) is 5.26 Å². The van der Waals surface area contributed by atoms with E-state index >= 15 is 0 Å². The molecule has 30 heavy (non-hydrogen) atoms. The summed E-state index contributed by atoms with van der Waals surface area (Å²) in [6.45, 7) is 0.955. The summed E-state index contributed by atoms with van der Waals surface area (Å²) in [4.78, 5) is 27.4. The van der Waals surface area contributed by atoms with Gasteiger partial charge < -0.3 is 19.7 Å². The van der Waals surface area contributed by atoms with Gasteiger partial charge in [-0.2, -0.15) is 5.26 Å². The highest BCUT2D eigenvalue weighted by Gasteiger charge is 2.43. The largest absolute Gasteiger partial charge is 0.496 e. The normalized spacial score (nSPS) is 22.9. The number of nitrogens with one attached hydrogen (secondary N) is 1. The number of carbonyl (C=O) groups excluding carboxylic acids is 2. The van der Waals surface area contributed by atoms with Crippen LogP contribution in [0.3, 0.4) is 0 Å². The topological polar surface area (TPSA) is 91.7 Å². The first-order valence-electron chi connectivity index (χ1n) is 9.75.